The molecule has 1 aromatic heterocycles. The molecule has 5 aromatic rings. The monoisotopic (exact) mass is 589 g/mol. The Bertz CT molecular complexity index is 1940. The second kappa shape index (κ2) is 10.4. The van der Waals surface area contributed by atoms with Crippen molar-refractivity contribution in [3.63, 3.8) is 0 Å². The molecular weight excluding hydrogens is 569 g/mol. The van der Waals surface area contributed by atoms with E-state index in [1.54, 1.807) is 71.7 Å². The number of imide groups is 1. The van der Waals surface area contributed by atoms with Crippen LogP contribution in [0.5, 0.6) is 0 Å². The fourth-order valence-corrected chi connectivity index (χ4v) is 6.17. The lowest BCUT2D eigenvalue weighted by Gasteiger charge is -2.21. The van der Waals surface area contributed by atoms with Gasteiger partial charge in [0.25, 0.3) is 17.5 Å². The summed E-state index contributed by atoms with van der Waals surface area (Å²) < 4.78 is 13.8. The first-order valence-electron chi connectivity index (χ1n) is 13.3. The minimum Gasteiger partial charge on any atom is -0.268 e. The van der Waals surface area contributed by atoms with E-state index < -0.39 is 4.92 Å². The average Bonchev–Trinajstić information content (AvgIpc) is 3.75. The molecule has 7 rings (SSSR count). The second-order valence-electron chi connectivity index (χ2n) is 10.0. The molecule has 2 aliphatic rings. The number of hydrogen-bond donors (Lipinski definition) is 0. The molecule has 9 nitrogen and oxygen atoms in total. The van der Waals surface area contributed by atoms with Gasteiger partial charge in [-0.25, -0.2) is 19.3 Å². The van der Waals surface area contributed by atoms with Gasteiger partial charge in [0.15, 0.2) is 0 Å². The summed E-state index contributed by atoms with van der Waals surface area (Å²) in [5.41, 5.74) is 4.54. The van der Waals surface area contributed by atoms with E-state index in [0.717, 1.165) is 5.56 Å². The number of amides is 2. The molecule has 0 aliphatic carbocycles. The zero-order chi connectivity index (χ0) is 29.7. The van der Waals surface area contributed by atoms with Gasteiger partial charge in [-0.1, -0.05) is 48.5 Å². The Hall–Kier alpha value is -5.55. The molecule has 0 spiro atoms. The van der Waals surface area contributed by atoms with Crippen LogP contribution in [0, 0.1) is 15.9 Å². The Labute approximate surface area is 248 Å². The number of fused-ring (bicyclic) bond motifs is 1. The van der Waals surface area contributed by atoms with E-state index in [1.807, 2.05) is 11.4 Å². The van der Waals surface area contributed by atoms with Crippen LogP contribution in [0.25, 0.3) is 11.3 Å². The summed E-state index contributed by atoms with van der Waals surface area (Å²) in [6.07, 6.45) is 0.428. The Morgan fingerprint density at radius 3 is 2.28 bits per heavy atom. The number of nitrogens with zero attached hydrogens (tertiary/aromatic N) is 5. The number of benzene rings is 4. The number of anilines is 2. The number of carbonyl (C=O) groups is 2. The molecule has 2 amide bonds. The zero-order valence-corrected chi connectivity index (χ0v) is 23.1. The maximum Gasteiger partial charge on any atom is 0.270 e. The molecule has 0 fully saturated rings. The van der Waals surface area contributed by atoms with Crippen LogP contribution >= 0.6 is 11.3 Å². The summed E-state index contributed by atoms with van der Waals surface area (Å²) in [4.78, 5) is 43.0. The zero-order valence-electron chi connectivity index (χ0n) is 22.3. The van der Waals surface area contributed by atoms with Crippen molar-refractivity contribution in [3.05, 3.63) is 141 Å². The van der Waals surface area contributed by atoms with Gasteiger partial charge >= 0.3 is 0 Å². The van der Waals surface area contributed by atoms with E-state index in [0.29, 0.717) is 50.9 Å². The molecule has 0 unspecified atom stereocenters. The van der Waals surface area contributed by atoms with Crippen molar-refractivity contribution in [1.29, 1.82) is 0 Å². The van der Waals surface area contributed by atoms with E-state index in [1.165, 1.54) is 40.5 Å². The van der Waals surface area contributed by atoms with Crippen LogP contribution in [-0.4, -0.2) is 27.4 Å². The molecule has 1 atom stereocenters. The minimum atomic E-state index is -0.447. The van der Waals surface area contributed by atoms with Crippen LogP contribution in [0.2, 0.25) is 0 Å². The number of nitro benzene ring substituents is 1. The highest BCUT2D eigenvalue weighted by Crippen LogP contribution is 2.40. The van der Waals surface area contributed by atoms with Crippen molar-refractivity contribution in [2.75, 3.05) is 9.91 Å². The van der Waals surface area contributed by atoms with Crippen molar-refractivity contribution in [2.45, 2.75) is 12.5 Å². The quantitative estimate of drug-likeness (QED) is 0.120. The normalized spacial score (nSPS) is 16.0. The second-order valence-corrected chi connectivity index (χ2v) is 10.9. The Morgan fingerprint density at radius 2 is 1.56 bits per heavy atom. The minimum absolute atomic E-state index is 0.0357. The number of nitro groups is 1. The number of rotatable bonds is 6. The molecule has 11 heteroatoms. The van der Waals surface area contributed by atoms with Gasteiger partial charge < -0.3 is 0 Å². The standard InChI is InChI=1S/C32H20FN5O4S/c33-22-13-11-19(12-14-22)29-17-27(20-5-4-8-24(16-20)38(41)42)35-37(29)32-34-28(18-43-32)21-6-3-7-23(15-21)36-30(39)25-9-1-2-10-26(25)31(36)40/h1-16,18,29H,17H2/t29-/m1/s1. The summed E-state index contributed by atoms with van der Waals surface area (Å²) in [5, 5.41) is 20.4. The first-order valence-corrected chi connectivity index (χ1v) is 14.2. The van der Waals surface area contributed by atoms with Crippen LogP contribution in [0.3, 0.4) is 0 Å². The highest BCUT2D eigenvalue weighted by Gasteiger charge is 2.36. The number of non-ortho nitro benzene ring substituents is 1. The number of aromatic nitrogens is 1. The third kappa shape index (κ3) is 4.65. The fraction of sp³-hybridized carbons (Fsp3) is 0.0625. The van der Waals surface area contributed by atoms with Crippen LogP contribution in [0.15, 0.2) is 108 Å². The van der Waals surface area contributed by atoms with Gasteiger partial charge in [0.05, 0.1) is 39.2 Å². The largest absolute Gasteiger partial charge is 0.270 e. The summed E-state index contributed by atoms with van der Waals surface area (Å²) in [5.74, 6) is -1.11. The third-order valence-electron chi connectivity index (χ3n) is 7.44. The Morgan fingerprint density at radius 1 is 0.860 bits per heavy atom. The SMILES string of the molecule is O=C1c2ccccc2C(=O)N1c1cccc(-c2csc(N3N=C(c4cccc([N+](=O)[O-])c4)C[C@@H]3c3ccc(F)cc3)n2)c1. The topological polar surface area (TPSA) is 109 Å². The smallest absolute Gasteiger partial charge is 0.268 e. The van der Waals surface area contributed by atoms with Gasteiger partial charge in [-0.05, 0) is 42.0 Å². The van der Waals surface area contributed by atoms with E-state index in [-0.39, 0.29) is 29.4 Å². The van der Waals surface area contributed by atoms with Gasteiger partial charge in [0, 0.05) is 35.1 Å². The first-order chi connectivity index (χ1) is 20.9. The predicted octanol–water partition coefficient (Wildman–Crippen LogP) is 7.01. The predicted molar refractivity (Wildman–Crippen MR) is 161 cm³/mol. The van der Waals surface area contributed by atoms with Crippen LogP contribution < -0.4 is 9.91 Å². The molecule has 2 aliphatic heterocycles. The molecule has 0 N–H and O–H groups in total. The maximum atomic E-state index is 13.8. The molecule has 210 valence electrons. The van der Waals surface area contributed by atoms with Crippen molar-refractivity contribution in [2.24, 2.45) is 5.10 Å². The van der Waals surface area contributed by atoms with Gasteiger partial charge in [0.2, 0.25) is 5.13 Å². The maximum absolute atomic E-state index is 13.8. The number of hydrogen-bond acceptors (Lipinski definition) is 8. The van der Waals surface area contributed by atoms with Gasteiger partial charge in [-0.3, -0.25) is 19.7 Å². The van der Waals surface area contributed by atoms with E-state index >= 15 is 0 Å². The van der Waals surface area contributed by atoms with Gasteiger partial charge in [-0.2, -0.15) is 5.10 Å². The molecule has 43 heavy (non-hydrogen) atoms. The Kier molecular flexibility index (Phi) is 6.36. The van der Waals surface area contributed by atoms with Crippen LogP contribution in [0.4, 0.5) is 20.9 Å². The van der Waals surface area contributed by atoms with E-state index in [2.05, 4.69) is 0 Å². The molecule has 0 radical (unpaired) electrons. The van der Waals surface area contributed by atoms with Gasteiger partial charge in [-0.15, -0.1) is 11.3 Å². The summed E-state index contributed by atoms with van der Waals surface area (Å²) in [6, 6.07) is 26.0. The van der Waals surface area contributed by atoms with E-state index in [4.69, 9.17) is 10.1 Å². The molecule has 4 aromatic carbocycles. The summed E-state index contributed by atoms with van der Waals surface area (Å²) >= 11 is 1.36. The lowest BCUT2D eigenvalue weighted by molar-refractivity contribution is -0.384. The van der Waals surface area contributed by atoms with Gasteiger partial charge in [0.1, 0.15) is 5.82 Å². The third-order valence-corrected chi connectivity index (χ3v) is 8.27. The number of carbonyl (C=O) groups excluding carboxylic acids is 2. The average molecular weight is 590 g/mol. The van der Waals surface area contributed by atoms with Crippen molar-refractivity contribution in [1.82, 2.24) is 4.98 Å². The number of halogens is 1. The van der Waals surface area contributed by atoms with Crippen molar-refractivity contribution >= 4 is 45.4 Å². The lowest BCUT2D eigenvalue weighted by atomic mass is 9.98. The highest BCUT2D eigenvalue weighted by molar-refractivity contribution is 7.14. The van der Waals surface area contributed by atoms with Crippen LogP contribution in [0.1, 0.15) is 44.3 Å². The highest BCUT2D eigenvalue weighted by atomic mass is 32.1. The molecule has 3 heterocycles. The fourth-order valence-electron chi connectivity index (χ4n) is 5.33. The molecular formula is C32H20FN5O4S. The number of thiazole rings is 1. The lowest BCUT2D eigenvalue weighted by Crippen LogP contribution is -2.29. The number of hydrazone groups is 1. The van der Waals surface area contributed by atoms with Crippen molar-refractivity contribution < 1.29 is 18.9 Å². The van der Waals surface area contributed by atoms with Crippen LogP contribution in [-0.2, 0) is 0 Å². The first kappa shape index (κ1) is 26.4. The molecule has 0 saturated heterocycles. The molecule has 0 bridgehead atoms. The van der Waals surface area contributed by atoms with E-state index in [9.17, 15) is 24.1 Å². The van der Waals surface area contributed by atoms with Crippen molar-refractivity contribution in [3.8, 4) is 11.3 Å². The summed E-state index contributed by atoms with van der Waals surface area (Å²) in [7, 11) is 0. The summed E-state index contributed by atoms with van der Waals surface area (Å²) in [6.45, 7) is 0. The Balaban J connectivity index is 1.23. The molecule has 0 saturated carbocycles.